The van der Waals surface area contributed by atoms with E-state index in [0.717, 1.165) is 55.4 Å². The van der Waals surface area contributed by atoms with Crippen molar-refractivity contribution in [3.63, 3.8) is 0 Å². The van der Waals surface area contributed by atoms with Gasteiger partial charge in [-0.1, -0.05) is 6.07 Å². The Morgan fingerprint density at radius 1 is 1.26 bits per heavy atom. The number of aliphatic imine (C=N–C) groups is 1. The Balaban J connectivity index is 1.42. The number of nitrogens with one attached hydrogen (secondary N) is 1. The van der Waals surface area contributed by atoms with Crippen molar-refractivity contribution in [2.75, 3.05) is 39.8 Å². The van der Waals surface area contributed by atoms with E-state index < -0.39 is 11.9 Å². The summed E-state index contributed by atoms with van der Waals surface area (Å²) in [7, 11) is 1.73. The summed E-state index contributed by atoms with van der Waals surface area (Å²) in [5.41, 5.74) is -0.811. The minimum Gasteiger partial charge on any atom is -0.356 e. The zero-order valence-electron chi connectivity index (χ0n) is 15.0. The molecule has 0 saturated carbocycles. The Bertz CT molecular complexity index is 734. The van der Waals surface area contributed by atoms with E-state index >= 15 is 0 Å². The highest BCUT2D eigenvalue weighted by atomic mass is 32.1. The molecule has 2 aromatic rings. The van der Waals surface area contributed by atoms with Gasteiger partial charge in [0.1, 0.15) is 0 Å². The number of hydrogen-bond donors (Lipinski definition) is 1. The quantitative estimate of drug-likeness (QED) is 0.600. The Hall–Kier alpha value is -1.65. The molecule has 5 nitrogen and oxygen atoms in total. The van der Waals surface area contributed by atoms with E-state index in [9.17, 15) is 13.2 Å². The second-order valence-corrected chi connectivity index (χ2v) is 8.17. The second kappa shape index (κ2) is 9.03. The molecule has 0 amide bonds. The Kier molecular flexibility index (Phi) is 6.72. The fourth-order valence-corrected chi connectivity index (χ4v) is 4.46. The normalized spacial score (nSPS) is 16.7. The molecule has 1 aliphatic rings. The van der Waals surface area contributed by atoms with Crippen LogP contribution in [0.25, 0.3) is 0 Å². The second-order valence-electron chi connectivity index (χ2n) is 6.19. The molecule has 0 spiro atoms. The Morgan fingerprint density at radius 2 is 2.04 bits per heavy atom. The monoisotopic (exact) mass is 417 g/mol. The highest BCUT2D eigenvalue weighted by Crippen LogP contribution is 2.30. The molecule has 1 fully saturated rings. The highest BCUT2D eigenvalue weighted by Gasteiger charge is 2.33. The summed E-state index contributed by atoms with van der Waals surface area (Å²) in [6.07, 6.45) is -3.93. The van der Waals surface area contributed by atoms with Gasteiger partial charge in [-0.2, -0.15) is 13.2 Å². The molecule has 0 atom stereocenters. The fraction of sp³-hybridized carbons (Fsp3) is 0.529. The minimum absolute atomic E-state index is 0.443. The molecular weight excluding hydrogens is 395 g/mol. The molecule has 27 heavy (non-hydrogen) atoms. The van der Waals surface area contributed by atoms with Crippen LogP contribution in [0.15, 0.2) is 27.9 Å². The van der Waals surface area contributed by atoms with Crippen molar-refractivity contribution in [3.05, 3.63) is 38.5 Å². The third kappa shape index (κ3) is 5.66. The molecule has 2 aromatic heterocycles. The zero-order chi connectivity index (χ0) is 19.3. The van der Waals surface area contributed by atoms with Crippen molar-refractivity contribution in [2.24, 2.45) is 4.99 Å². The molecule has 10 heteroatoms. The minimum atomic E-state index is -4.37. The smallest absolute Gasteiger partial charge is 0.356 e. The molecule has 1 N–H and O–H groups in total. The molecule has 0 aromatic carbocycles. The van der Waals surface area contributed by atoms with E-state index in [-0.39, 0.29) is 0 Å². The van der Waals surface area contributed by atoms with Crippen molar-refractivity contribution in [3.8, 4) is 0 Å². The van der Waals surface area contributed by atoms with Gasteiger partial charge in [0.25, 0.3) is 0 Å². The van der Waals surface area contributed by atoms with Gasteiger partial charge in [0.05, 0.1) is 5.01 Å². The van der Waals surface area contributed by atoms with Gasteiger partial charge in [0, 0.05) is 63.0 Å². The maximum Gasteiger partial charge on any atom is 0.434 e. The van der Waals surface area contributed by atoms with E-state index in [1.807, 2.05) is 0 Å². The first-order chi connectivity index (χ1) is 13.0. The van der Waals surface area contributed by atoms with Gasteiger partial charge in [-0.15, -0.1) is 22.7 Å². The van der Waals surface area contributed by atoms with Crippen molar-refractivity contribution in [1.29, 1.82) is 0 Å². The standard InChI is InChI=1S/C17H22F3N5S2/c1-21-16(22-5-4-15-23-14(12-27-15)17(18,19)20)25-8-6-24(7-9-25)11-13-3-2-10-26-13/h2-3,10,12H,4-9,11H2,1H3,(H,21,22). The molecule has 0 unspecified atom stereocenters. The lowest BCUT2D eigenvalue weighted by molar-refractivity contribution is -0.140. The van der Waals surface area contributed by atoms with Crippen LogP contribution in [0.5, 0.6) is 0 Å². The molecule has 1 aliphatic heterocycles. The number of aromatic nitrogens is 1. The third-order valence-electron chi connectivity index (χ3n) is 4.31. The van der Waals surface area contributed by atoms with E-state index in [0.29, 0.717) is 18.0 Å². The molecule has 1 saturated heterocycles. The van der Waals surface area contributed by atoms with Crippen LogP contribution in [0.1, 0.15) is 15.6 Å². The summed E-state index contributed by atoms with van der Waals surface area (Å²) in [6, 6.07) is 4.22. The van der Waals surface area contributed by atoms with Crippen LogP contribution in [-0.2, 0) is 19.1 Å². The van der Waals surface area contributed by atoms with Gasteiger partial charge >= 0.3 is 6.18 Å². The number of rotatable bonds is 5. The summed E-state index contributed by atoms with van der Waals surface area (Å²) in [6.45, 7) is 5.15. The maximum atomic E-state index is 12.6. The van der Waals surface area contributed by atoms with Crippen LogP contribution in [0.4, 0.5) is 13.2 Å². The number of thiophene rings is 1. The summed E-state index contributed by atoms with van der Waals surface area (Å²) in [5, 5.41) is 6.88. The lowest BCUT2D eigenvalue weighted by Gasteiger charge is -2.36. The van der Waals surface area contributed by atoms with Gasteiger partial charge in [-0.05, 0) is 11.4 Å². The first kappa shape index (κ1) is 20.1. The van der Waals surface area contributed by atoms with Crippen LogP contribution in [0, 0.1) is 0 Å². The van der Waals surface area contributed by atoms with Gasteiger partial charge < -0.3 is 10.2 Å². The number of thiazole rings is 1. The zero-order valence-corrected chi connectivity index (χ0v) is 16.6. The summed E-state index contributed by atoms with van der Waals surface area (Å²) >= 11 is 2.82. The van der Waals surface area contributed by atoms with Gasteiger partial charge in [0.2, 0.25) is 0 Å². The average Bonchev–Trinajstić information content (AvgIpc) is 3.31. The van der Waals surface area contributed by atoms with Crippen LogP contribution < -0.4 is 5.32 Å². The SMILES string of the molecule is CN=C(NCCc1nc(C(F)(F)F)cs1)N1CCN(Cc2cccs2)CC1. The molecule has 0 radical (unpaired) electrons. The van der Waals surface area contributed by atoms with Crippen LogP contribution in [0.2, 0.25) is 0 Å². The van der Waals surface area contributed by atoms with Gasteiger partial charge in [-0.25, -0.2) is 4.98 Å². The molecule has 0 bridgehead atoms. The third-order valence-corrected chi connectivity index (χ3v) is 6.08. The average molecular weight is 418 g/mol. The molecule has 0 aliphatic carbocycles. The summed E-state index contributed by atoms with van der Waals surface area (Å²) in [4.78, 5) is 13.9. The molecular formula is C17H22F3N5S2. The largest absolute Gasteiger partial charge is 0.434 e. The van der Waals surface area contributed by atoms with Crippen molar-refractivity contribution in [1.82, 2.24) is 20.1 Å². The van der Waals surface area contributed by atoms with Gasteiger partial charge in [-0.3, -0.25) is 9.89 Å². The van der Waals surface area contributed by atoms with E-state index in [1.165, 1.54) is 4.88 Å². The maximum absolute atomic E-state index is 12.6. The first-order valence-electron chi connectivity index (χ1n) is 8.67. The first-order valence-corrected chi connectivity index (χ1v) is 10.4. The lowest BCUT2D eigenvalue weighted by Crippen LogP contribution is -2.52. The number of halogens is 3. The van der Waals surface area contributed by atoms with Crippen molar-refractivity contribution >= 4 is 28.6 Å². The van der Waals surface area contributed by atoms with Crippen molar-refractivity contribution in [2.45, 2.75) is 19.1 Å². The van der Waals surface area contributed by atoms with Gasteiger partial charge in [0.15, 0.2) is 11.7 Å². The molecule has 3 heterocycles. The Labute approximate surface area is 164 Å². The van der Waals surface area contributed by atoms with E-state index in [4.69, 9.17) is 0 Å². The number of guanidine groups is 1. The predicted octanol–water partition coefficient (Wildman–Crippen LogP) is 3.16. The summed E-state index contributed by atoms with van der Waals surface area (Å²) < 4.78 is 37.8. The number of hydrogen-bond acceptors (Lipinski definition) is 5. The van der Waals surface area contributed by atoms with Crippen LogP contribution >= 0.6 is 22.7 Å². The number of piperazine rings is 1. The number of nitrogens with zero attached hydrogens (tertiary/aromatic N) is 4. The Morgan fingerprint density at radius 3 is 2.63 bits per heavy atom. The van der Waals surface area contributed by atoms with Crippen molar-refractivity contribution < 1.29 is 13.2 Å². The topological polar surface area (TPSA) is 43.8 Å². The fourth-order valence-electron chi connectivity index (χ4n) is 2.91. The highest BCUT2D eigenvalue weighted by molar-refractivity contribution is 7.10. The molecule has 148 valence electrons. The van der Waals surface area contributed by atoms with E-state index in [1.54, 1.807) is 18.4 Å². The predicted molar refractivity (Wildman–Crippen MR) is 103 cm³/mol. The van der Waals surface area contributed by atoms with E-state index in [2.05, 4.69) is 42.6 Å². The number of alkyl halides is 3. The molecule has 3 rings (SSSR count). The van der Waals surface area contributed by atoms with Crippen LogP contribution in [-0.4, -0.2) is 60.5 Å². The lowest BCUT2D eigenvalue weighted by atomic mass is 10.3. The summed E-state index contributed by atoms with van der Waals surface area (Å²) in [5.74, 6) is 0.790. The van der Waals surface area contributed by atoms with Crippen LogP contribution in [0.3, 0.4) is 0 Å².